The first-order valence-electron chi connectivity index (χ1n) is 6.76. The monoisotopic (exact) mass is 291 g/mol. The van der Waals surface area contributed by atoms with Crippen molar-refractivity contribution in [2.75, 3.05) is 11.9 Å². The fraction of sp³-hybridized carbons (Fsp3) is 0.333. The molecule has 0 spiro atoms. The number of rotatable bonds is 6. The predicted octanol–water partition coefficient (Wildman–Crippen LogP) is 2.84. The molecule has 2 aromatic rings. The number of aryl methyl sites for hydroxylation is 3. The topological polar surface area (TPSA) is 67.2 Å². The first-order chi connectivity index (χ1) is 9.99. The van der Waals surface area contributed by atoms with Gasteiger partial charge in [0.1, 0.15) is 5.82 Å². The van der Waals surface area contributed by atoms with E-state index in [4.69, 9.17) is 5.11 Å². The fourth-order valence-corrected chi connectivity index (χ4v) is 2.23. The maximum Gasteiger partial charge on any atom is 0.337 e. The van der Waals surface area contributed by atoms with Gasteiger partial charge in [-0.05, 0) is 38.5 Å². The van der Waals surface area contributed by atoms with Crippen molar-refractivity contribution >= 4 is 11.7 Å². The van der Waals surface area contributed by atoms with Crippen LogP contribution in [0, 0.1) is 19.7 Å². The van der Waals surface area contributed by atoms with E-state index in [2.05, 4.69) is 10.4 Å². The van der Waals surface area contributed by atoms with E-state index in [9.17, 15) is 9.18 Å². The van der Waals surface area contributed by atoms with Gasteiger partial charge in [-0.1, -0.05) is 6.07 Å². The third kappa shape index (κ3) is 3.59. The number of hydrogen-bond donors (Lipinski definition) is 2. The van der Waals surface area contributed by atoms with Gasteiger partial charge in [-0.3, -0.25) is 4.68 Å². The fourth-order valence-electron chi connectivity index (χ4n) is 2.23. The lowest BCUT2D eigenvalue weighted by atomic mass is 10.1. The van der Waals surface area contributed by atoms with E-state index in [1.165, 1.54) is 18.2 Å². The van der Waals surface area contributed by atoms with Crippen LogP contribution in [0.25, 0.3) is 0 Å². The predicted molar refractivity (Wildman–Crippen MR) is 78.2 cm³/mol. The molecule has 0 atom stereocenters. The molecule has 2 rings (SSSR count). The highest BCUT2D eigenvalue weighted by Gasteiger charge is 2.13. The minimum absolute atomic E-state index is 0.0402. The minimum atomic E-state index is -1.14. The van der Waals surface area contributed by atoms with Crippen molar-refractivity contribution in [3.05, 3.63) is 47.0 Å². The molecule has 112 valence electrons. The normalized spacial score (nSPS) is 10.6. The van der Waals surface area contributed by atoms with Gasteiger partial charge >= 0.3 is 5.97 Å². The molecule has 5 nitrogen and oxygen atoms in total. The van der Waals surface area contributed by atoms with E-state index in [-0.39, 0.29) is 11.3 Å². The van der Waals surface area contributed by atoms with Crippen LogP contribution in [0.15, 0.2) is 24.3 Å². The zero-order chi connectivity index (χ0) is 15.4. The number of benzene rings is 1. The van der Waals surface area contributed by atoms with Gasteiger partial charge in [-0.2, -0.15) is 5.10 Å². The van der Waals surface area contributed by atoms with E-state index in [0.29, 0.717) is 13.1 Å². The van der Waals surface area contributed by atoms with Crippen LogP contribution in [-0.2, 0) is 6.54 Å². The highest BCUT2D eigenvalue weighted by Crippen LogP contribution is 2.19. The summed E-state index contributed by atoms with van der Waals surface area (Å²) >= 11 is 0. The van der Waals surface area contributed by atoms with Crippen LogP contribution < -0.4 is 5.32 Å². The van der Waals surface area contributed by atoms with Gasteiger partial charge in [0.25, 0.3) is 0 Å². The summed E-state index contributed by atoms with van der Waals surface area (Å²) in [6, 6.07) is 6.01. The number of aromatic carboxylic acids is 1. The van der Waals surface area contributed by atoms with Crippen molar-refractivity contribution in [2.45, 2.75) is 26.8 Å². The van der Waals surface area contributed by atoms with Crippen molar-refractivity contribution in [1.29, 1.82) is 0 Å². The van der Waals surface area contributed by atoms with Gasteiger partial charge in [0.15, 0.2) is 0 Å². The Morgan fingerprint density at radius 1 is 1.43 bits per heavy atom. The quantitative estimate of drug-likeness (QED) is 0.803. The lowest BCUT2D eigenvalue weighted by Gasteiger charge is -2.11. The Morgan fingerprint density at radius 3 is 2.81 bits per heavy atom. The van der Waals surface area contributed by atoms with Gasteiger partial charge in [0.2, 0.25) is 0 Å². The SMILES string of the molecule is Cc1cc(C)n(CCCNc2c(F)cccc2C(=O)O)n1. The van der Waals surface area contributed by atoms with E-state index < -0.39 is 11.8 Å². The minimum Gasteiger partial charge on any atom is -0.478 e. The van der Waals surface area contributed by atoms with Gasteiger partial charge in [-0.25, -0.2) is 9.18 Å². The second-order valence-electron chi connectivity index (χ2n) is 4.90. The number of para-hydroxylation sites is 1. The molecular weight excluding hydrogens is 273 g/mol. The highest BCUT2D eigenvalue weighted by atomic mass is 19.1. The van der Waals surface area contributed by atoms with Crippen LogP contribution in [0.2, 0.25) is 0 Å². The Labute approximate surface area is 122 Å². The lowest BCUT2D eigenvalue weighted by molar-refractivity contribution is 0.0697. The summed E-state index contributed by atoms with van der Waals surface area (Å²) in [5, 5.41) is 16.2. The average Bonchev–Trinajstić information content (AvgIpc) is 2.74. The van der Waals surface area contributed by atoms with Gasteiger partial charge in [-0.15, -0.1) is 0 Å². The highest BCUT2D eigenvalue weighted by molar-refractivity contribution is 5.94. The van der Waals surface area contributed by atoms with E-state index >= 15 is 0 Å². The Balaban J connectivity index is 1.95. The molecular formula is C15H18FN3O2. The molecule has 0 saturated carbocycles. The van der Waals surface area contributed by atoms with Crippen LogP contribution in [0.4, 0.5) is 10.1 Å². The smallest absolute Gasteiger partial charge is 0.337 e. The number of carboxylic acid groups (broad SMARTS) is 1. The zero-order valence-corrected chi connectivity index (χ0v) is 12.1. The second kappa shape index (κ2) is 6.39. The van der Waals surface area contributed by atoms with Crippen molar-refractivity contribution < 1.29 is 14.3 Å². The third-order valence-electron chi connectivity index (χ3n) is 3.20. The van der Waals surface area contributed by atoms with Crippen LogP contribution in [-0.4, -0.2) is 27.4 Å². The first kappa shape index (κ1) is 15.0. The second-order valence-corrected chi connectivity index (χ2v) is 4.90. The molecule has 0 aliphatic carbocycles. The Bertz CT molecular complexity index is 652. The summed E-state index contributed by atoms with van der Waals surface area (Å²) in [5.41, 5.74) is 2.02. The summed E-state index contributed by atoms with van der Waals surface area (Å²) in [5.74, 6) is -1.70. The van der Waals surface area contributed by atoms with Gasteiger partial charge < -0.3 is 10.4 Å². The standard InChI is InChI=1S/C15H18FN3O2/c1-10-9-11(2)19(18-10)8-4-7-17-14-12(15(20)21)5-3-6-13(14)16/h3,5-6,9,17H,4,7-8H2,1-2H3,(H,20,21). The number of nitrogens with one attached hydrogen (secondary N) is 1. The molecule has 1 heterocycles. The van der Waals surface area contributed by atoms with E-state index in [0.717, 1.165) is 17.8 Å². The molecule has 6 heteroatoms. The molecule has 1 aromatic heterocycles. The number of nitrogens with zero attached hydrogens (tertiary/aromatic N) is 2. The van der Waals surface area contributed by atoms with Crippen molar-refractivity contribution in [1.82, 2.24) is 9.78 Å². The molecule has 21 heavy (non-hydrogen) atoms. The van der Waals surface area contributed by atoms with Crippen LogP contribution >= 0.6 is 0 Å². The van der Waals surface area contributed by atoms with Gasteiger partial charge in [0, 0.05) is 18.8 Å². The number of hydrogen-bond acceptors (Lipinski definition) is 3. The Morgan fingerprint density at radius 2 is 2.19 bits per heavy atom. The zero-order valence-electron chi connectivity index (χ0n) is 12.1. The maximum atomic E-state index is 13.7. The Kier molecular flexibility index (Phi) is 4.57. The summed E-state index contributed by atoms with van der Waals surface area (Å²) < 4.78 is 15.6. The van der Waals surface area contributed by atoms with E-state index in [1.807, 2.05) is 24.6 Å². The molecule has 0 aliphatic rings. The molecule has 0 aliphatic heterocycles. The number of carboxylic acids is 1. The molecule has 0 fully saturated rings. The lowest BCUT2D eigenvalue weighted by Crippen LogP contribution is -2.12. The third-order valence-corrected chi connectivity index (χ3v) is 3.20. The largest absolute Gasteiger partial charge is 0.478 e. The first-order valence-corrected chi connectivity index (χ1v) is 6.76. The number of anilines is 1. The van der Waals surface area contributed by atoms with Crippen LogP contribution in [0.5, 0.6) is 0 Å². The van der Waals surface area contributed by atoms with Gasteiger partial charge in [0.05, 0.1) is 16.9 Å². The van der Waals surface area contributed by atoms with Crippen LogP contribution in [0.1, 0.15) is 28.2 Å². The number of aromatic nitrogens is 2. The average molecular weight is 291 g/mol. The molecule has 0 unspecified atom stereocenters. The molecule has 0 radical (unpaired) electrons. The molecule has 0 saturated heterocycles. The molecule has 0 amide bonds. The van der Waals surface area contributed by atoms with Crippen molar-refractivity contribution in [2.24, 2.45) is 0 Å². The van der Waals surface area contributed by atoms with Crippen molar-refractivity contribution in [3.8, 4) is 0 Å². The summed E-state index contributed by atoms with van der Waals surface area (Å²) in [7, 11) is 0. The molecule has 0 bridgehead atoms. The Hall–Kier alpha value is -2.37. The summed E-state index contributed by atoms with van der Waals surface area (Å²) in [6.07, 6.45) is 0.718. The van der Waals surface area contributed by atoms with E-state index in [1.54, 1.807) is 0 Å². The number of halogens is 1. The molecule has 2 N–H and O–H groups in total. The maximum absolute atomic E-state index is 13.7. The van der Waals surface area contributed by atoms with Crippen molar-refractivity contribution in [3.63, 3.8) is 0 Å². The summed E-state index contributed by atoms with van der Waals surface area (Å²) in [4.78, 5) is 11.1. The molecule has 1 aromatic carbocycles. The summed E-state index contributed by atoms with van der Waals surface area (Å²) in [6.45, 7) is 5.08. The number of carbonyl (C=O) groups is 1. The van der Waals surface area contributed by atoms with Crippen LogP contribution in [0.3, 0.4) is 0 Å².